The summed E-state index contributed by atoms with van der Waals surface area (Å²) in [6.45, 7) is 0. The Morgan fingerprint density at radius 3 is 1.31 bits per heavy atom. The van der Waals surface area contributed by atoms with E-state index in [0.29, 0.717) is 0 Å². The van der Waals surface area contributed by atoms with Gasteiger partial charge in [0.25, 0.3) is 0 Å². The Hall–Kier alpha value is -0.787. The van der Waals surface area contributed by atoms with Crippen LogP contribution in [0.15, 0.2) is 0 Å². The van der Waals surface area contributed by atoms with Crippen LogP contribution in [0.2, 0.25) is 17.3 Å². The van der Waals surface area contributed by atoms with Gasteiger partial charge in [-0.2, -0.15) is 0 Å². The average Bonchev–Trinajstić information content (AvgIpc) is 2.17. The maximum atomic E-state index is 13.1. The topological polar surface area (TPSA) is 9.23 Å². The first-order valence-corrected chi connectivity index (χ1v) is 11.5. The molecule has 1 aromatic rings. The van der Waals surface area contributed by atoms with Gasteiger partial charge in [-0.25, -0.2) is 0 Å². The minimum atomic E-state index is -2.95. The normalized spacial score (nSPS) is 11.8. The standard InChI is InChI=1S/C9H9F5GeO/c1-15(2,3)16-9-7(13)5(11)4(10)6(12)8(9)14/h1-3H3. The molecular weight excluding hydrogens is 292 g/mol. The second-order valence-corrected chi connectivity index (χ2v) is 13.4. The molecule has 0 aliphatic rings. The van der Waals surface area contributed by atoms with Crippen LogP contribution < -0.4 is 3.76 Å². The fourth-order valence-electron chi connectivity index (χ4n) is 0.981. The monoisotopic (exact) mass is 302 g/mol. The average molecular weight is 301 g/mol. The molecule has 1 nitrogen and oxygen atoms in total. The Balaban J connectivity index is 3.40. The van der Waals surface area contributed by atoms with Crippen molar-refractivity contribution in [1.29, 1.82) is 0 Å². The quantitative estimate of drug-likeness (QED) is 0.351. The van der Waals surface area contributed by atoms with Gasteiger partial charge in [0.1, 0.15) is 0 Å². The van der Waals surface area contributed by atoms with Gasteiger partial charge in [0.05, 0.1) is 0 Å². The van der Waals surface area contributed by atoms with Gasteiger partial charge in [0, 0.05) is 0 Å². The summed E-state index contributed by atoms with van der Waals surface area (Å²) in [5, 5.41) is 0. The molecule has 0 N–H and O–H groups in total. The molecule has 0 unspecified atom stereocenters. The molecule has 0 amide bonds. The van der Waals surface area contributed by atoms with Gasteiger partial charge >= 0.3 is 91.4 Å². The van der Waals surface area contributed by atoms with Gasteiger partial charge in [0.15, 0.2) is 0 Å². The van der Waals surface area contributed by atoms with Gasteiger partial charge in [-0.15, -0.1) is 0 Å². The van der Waals surface area contributed by atoms with Crippen molar-refractivity contribution in [1.82, 2.24) is 0 Å². The maximum absolute atomic E-state index is 13.1. The third-order valence-electron chi connectivity index (χ3n) is 1.58. The molecule has 90 valence electrons. The van der Waals surface area contributed by atoms with Crippen LogP contribution in [0.25, 0.3) is 0 Å². The summed E-state index contributed by atoms with van der Waals surface area (Å²) in [5.41, 5.74) is 0. The molecule has 0 saturated carbocycles. The molecule has 0 aliphatic heterocycles. The van der Waals surface area contributed by atoms with Crippen molar-refractivity contribution in [2.75, 3.05) is 0 Å². The molecule has 0 bridgehead atoms. The number of hydrogen-bond acceptors (Lipinski definition) is 1. The Morgan fingerprint density at radius 2 is 1.00 bits per heavy atom. The molecule has 0 aromatic heterocycles. The molecule has 0 saturated heterocycles. The first-order valence-electron chi connectivity index (χ1n) is 4.35. The van der Waals surface area contributed by atoms with Crippen LogP contribution in [-0.2, 0) is 0 Å². The first-order chi connectivity index (χ1) is 7.15. The Kier molecular flexibility index (Phi) is 3.51. The van der Waals surface area contributed by atoms with Crippen LogP contribution in [0.1, 0.15) is 0 Å². The van der Waals surface area contributed by atoms with Gasteiger partial charge in [-0.1, -0.05) is 0 Å². The van der Waals surface area contributed by atoms with Crippen molar-refractivity contribution in [3.05, 3.63) is 29.1 Å². The summed E-state index contributed by atoms with van der Waals surface area (Å²) in [6.07, 6.45) is 0. The number of halogens is 5. The van der Waals surface area contributed by atoms with Crippen LogP contribution in [0.3, 0.4) is 0 Å². The zero-order valence-corrected chi connectivity index (χ0v) is 10.9. The predicted molar refractivity (Wildman–Crippen MR) is 50.2 cm³/mol. The van der Waals surface area contributed by atoms with E-state index in [1.54, 1.807) is 17.3 Å². The van der Waals surface area contributed by atoms with Crippen molar-refractivity contribution >= 4 is 13.6 Å². The predicted octanol–water partition coefficient (Wildman–Crippen LogP) is 3.60. The Labute approximate surface area is 91.9 Å². The van der Waals surface area contributed by atoms with E-state index >= 15 is 0 Å². The number of benzene rings is 1. The molecule has 7 heteroatoms. The van der Waals surface area contributed by atoms with Crippen molar-refractivity contribution in [3.8, 4) is 5.75 Å². The summed E-state index contributed by atoms with van der Waals surface area (Å²) in [7, 11) is 0. The Bertz CT molecular complexity index is 398. The van der Waals surface area contributed by atoms with E-state index in [1.807, 2.05) is 0 Å². The van der Waals surface area contributed by atoms with E-state index in [-0.39, 0.29) is 0 Å². The molecule has 0 fully saturated rings. The molecule has 16 heavy (non-hydrogen) atoms. The van der Waals surface area contributed by atoms with Crippen LogP contribution in [0, 0.1) is 29.1 Å². The summed E-state index contributed by atoms with van der Waals surface area (Å²) >= 11 is -2.95. The molecule has 1 rings (SSSR count). The fraction of sp³-hybridized carbons (Fsp3) is 0.333. The molecule has 1 aromatic carbocycles. The van der Waals surface area contributed by atoms with Crippen molar-refractivity contribution in [3.63, 3.8) is 0 Å². The molecule has 0 heterocycles. The van der Waals surface area contributed by atoms with E-state index < -0.39 is 48.4 Å². The number of hydrogen-bond donors (Lipinski definition) is 0. The molecule has 0 radical (unpaired) electrons. The number of rotatable bonds is 2. The van der Waals surface area contributed by atoms with Crippen LogP contribution in [0.5, 0.6) is 5.75 Å². The van der Waals surface area contributed by atoms with E-state index in [1.165, 1.54) is 0 Å². The minimum absolute atomic E-state index is 1.18. The van der Waals surface area contributed by atoms with E-state index in [4.69, 9.17) is 3.76 Å². The SMILES string of the molecule is [CH3][Ge]([CH3])([CH3])[O]c1c(F)c(F)c(F)c(F)c1F. The zero-order valence-electron chi connectivity index (χ0n) is 8.80. The van der Waals surface area contributed by atoms with Crippen LogP contribution in [-0.4, -0.2) is 13.6 Å². The van der Waals surface area contributed by atoms with Crippen LogP contribution in [0.4, 0.5) is 22.0 Å². The summed E-state index contributed by atoms with van der Waals surface area (Å²) in [4.78, 5) is 0. The molecule has 0 spiro atoms. The van der Waals surface area contributed by atoms with Crippen molar-refractivity contribution in [2.24, 2.45) is 0 Å². The first kappa shape index (κ1) is 13.3. The third-order valence-corrected chi connectivity index (χ3v) is 3.29. The van der Waals surface area contributed by atoms with Gasteiger partial charge in [-0.05, 0) is 0 Å². The van der Waals surface area contributed by atoms with Crippen LogP contribution >= 0.6 is 0 Å². The van der Waals surface area contributed by atoms with Gasteiger partial charge in [0.2, 0.25) is 0 Å². The van der Waals surface area contributed by atoms with E-state index in [2.05, 4.69) is 0 Å². The summed E-state index contributed by atoms with van der Waals surface area (Å²) < 4.78 is 69.3. The van der Waals surface area contributed by atoms with Crippen molar-refractivity contribution in [2.45, 2.75) is 17.3 Å². The molecule has 0 aliphatic carbocycles. The van der Waals surface area contributed by atoms with Crippen molar-refractivity contribution < 1.29 is 25.7 Å². The summed E-state index contributed by atoms with van der Waals surface area (Å²) in [5.74, 6) is -6.34. The summed E-state index contributed by atoms with van der Waals surface area (Å²) in [6, 6.07) is 0. The second-order valence-electron chi connectivity index (χ2n) is 4.11. The van der Waals surface area contributed by atoms with Gasteiger partial charge in [-0.3, -0.25) is 0 Å². The molecule has 0 atom stereocenters. The fourth-order valence-corrected chi connectivity index (χ4v) is 2.64. The van der Waals surface area contributed by atoms with Gasteiger partial charge < -0.3 is 0 Å². The van der Waals surface area contributed by atoms with E-state index in [0.717, 1.165) is 0 Å². The van der Waals surface area contributed by atoms with E-state index in [9.17, 15) is 22.0 Å². The zero-order chi connectivity index (χ0) is 12.7. The second kappa shape index (κ2) is 4.23. The molecular formula is C9H9F5GeO. The third kappa shape index (κ3) is 2.48. The Morgan fingerprint density at radius 1 is 0.688 bits per heavy atom.